The Morgan fingerprint density at radius 1 is 1.11 bits per heavy atom. The third kappa shape index (κ3) is 4.35. The fourth-order valence-electron chi connectivity index (χ4n) is 0.353. The topological polar surface area (TPSA) is 30.9 Å². The molecule has 0 aromatic heterocycles. The molecule has 0 saturated heterocycles. The summed E-state index contributed by atoms with van der Waals surface area (Å²) in [6, 6.07) is 0. The molecule has 9 heavy (non-hydrogen) atoms. The molecule has 0 bridgehead atoms. The van der Waals surface area contributed by atoms with Crippen molar-refractivity contribution in [3.63, 3.8) is 0 Å². The van der Waals surface area contributed by atoms with E-state index in [0.29, 0.717) is 13.2 Å². The van der Waals surface area contributed by atoms with Crippen molar-refractivity contribution in [1.29, 1.82) is 0 Å². The van der Waals surface area contributed by atoms with Gasteiger partial charge in [0.1, 0.15) is 0 Å². The molecule has 0 atom stereocenters. The van der Waals surface area contributed by atoms with Crippen LogP contribution < -0.4 is 0 Å². The van der Waals surface area contributed by atoms with Crippen molar-refractivity contribution >= 4 is 0 Å². The van der Waals surface area contributed by atoms with Gasteiger partial charge < -0.3 is 0 Å². The lowest BCUT2D eigenvalue weighted by atomic mass is 10.9. The van der Waals surface area contributed by atoms with Gasteiger partial charge in [-0.2, -0.15) is 0 Å². The maximum atomic E-state index is 4.82. The lowest BCUT2D eigenvalue weighted by Gasteiger charge is -2.14. The average Bonchev–Trinajstić information content (AvgIpc) is 1.88. The first kappa shape index (κ1) is 8.84. The third-order valence-corrected chi connectivity index (χ3v) is 0.618. The molecule has 0 fully saturated rings. The number of rotatable bonds is 5. The molecule has 0 aliphatic carbocycles. The molecule has 0 aromatic carbocycles. The van der Waals surface area contributed by atoms with Gasteiger partial charge in [-0.1, -0.05) is 0 Å². The van der Waals surface area contributed by atoms with Gasteiger partial charge in [0.25, 0.3) is 0 Å². The Bertz CT molecular complexity index is 54.2. The molecular formula is C5H13NO3. The number of hydrogen-bond donors (Lipinski definition) is 0. The van der Waals surface area contributed by atoms with Crippen LogP contribution in [0.1, 0.15) is 13.8 Å². The molecule has 0 aliphatic rings. The molecule has 0 aromatic rings. The summed E-state index contributed by atoms with van der Waals surface area (Å²) >= 11 is 0. The van der Waals surface area contributed by atoms with Gasteiger partial charge in [0.2, 0.25) is 0 Å². The minimum atomic E-state index is 0.536. The molecule has 0 unspecified atom stereocenters. The van der Waals surface area contributed by atoms with E-state index in [4.69, 9.17) is 9.68 Å². The van der Waals surface area contributed by atoms with Crippen LogP contribution >= 0.6 is 0 Å². The minimum absolute atomic E-state index is 0.536. The van der Waals surface area contributed by atoms with E-state index >= 15 is 0 Å². The zero-order valence-corrected chi connectivity index (χ0v) is 6.09. The summed E-state index contributed by atoms with van der Waals surface area (Å²) in [4.78, 5) is 14.3. The molecule has 0 amide bonds. The highest BCUT2D eigenvalue weighted by Crippen LogP contribution is 1.90. The molecule has 0 heterocycles. The number of hydrogen-bond acceptors (Lipinski definition) is 4. The zero-order chi connectivity index (χ0) is 7.11. The van der Waals surface area contributed by atoms with Gasteiger partial charge in [-0.25, -0.2) is 0 Å². The van der Waals surface area contributed by atoms with Crippen molar-refractivity contribution in [1.82, 2.24) is 5.39 Å². The predicted molar refractivity (Wildman–Crippen MR) is 32.1 cm³/mol. The maximum Gasteiger partial charge on any atom is 0.0763 e. The van der Waals surface area contributed by atoms with Crippen molar-refractivity contribution in [3.8, 4) is 0 Å². The highest BCUT2D eigenvalue weighted by atomic mass is 17.2. The second-order valence-corrected chi connectivity index (χ2v) is 1.24. The van der Waals surface area contributed by atoms with Crippen LogP contribution in [-0.2, 0) is 14.5 Å². The molecule has 0 aliphatic heterocycles. The Balaban J connectivity index is 3.18. The quantitative estimate of drug-likeness (QED) is 0.520. The van der Waals surface area contributed by atoms with Crippen LogP contribution in [0.25, 0.3) is 0 Å². The second-order valence-electron chi connectivity index (χ2n) is 1.24. The predicted octanol–water partition coefficient (Wildman–Crippen LogP) is 0.753. The van der Waals surface area contributed by atoms with Crippen LogP contribution in [0.3, 0.4) is 0 Å². The van der Waals surface area contributed by atoms with Gasteiger partial charge >= 0.3 is 0 Å². The van der Waals surface area contributed by atoms with E-state index in [1.807, 2.05) is 13.8 Å². The highest BCUT2D eigenvalue weighted by Gasteiger charge is 1.98. The normalized spacial score (nSPS) is 10.7. The SMILES string of the molecule is CCON(OC)OCC. The van der Waals surface area contributed by atoms with E-state index in [-0.39, 0.29) is 0 Å². The zero-order valence-electron chi connectivity index (χ0n) is 6.09. The summed E-state index contributed by atoms with van der Waals surface area (Å²) in [5, 5.41) is 0.986. The second kappa shape index (κ2) is 5.97. The van der Waals surface area contributed by atoms with Gasteiger partial charge in [0.15, 0.2) is 0 Å². The molecule has 4 heteroatoms. The van der Waals surface area contributed by atoms with Crippen molar-refractivity contribution in [3.05, 3.63) is 0 Å². The van der Waals surface area contributed by atoms with Crippen molar-refractivity contribution in [2.45, 2.75) is 13.8 Å². The van der Waals surface area contributed by atoms with Crippen LogP contribution in [0, 0.1) is 0 Å². The van der Waals surface area contributed by atoms with Crippen LogP contribution in [-0.4, -0.2) is 25.7 Å². The van der Waals surface area contributed by atoms with Crippen LogP contribution in [0.4, 0.5) is 0 Å². The molecule has 0 N–H and O–H groups in total. The van der Waals surface area contributed by atoms with E-state index in [0.717, 1.165) is 5.39 Å². The molecular weight excluding hydrogens is 122 g/mol. The van der Waals surface area contributed by atoms with Crippen molar-refractivity contribution < 1.29 is 14.5 Å². The van der Waals surface area contributed by atoms with Gasteiger partial charge in [0, 0.05) is 0 Å². The summed E-state index contributed by atoms with van der Waals surface area (Å²) in [6.07, 6.45) is 0. The minimum Gasteiger partial charge on any atom is -0.254 e. The summed E-state index contributed by atoms with van der Waals surface area (Å²) in [5.41, 5.74) is 0. The molecule has 56 valence electrons. The molecule has 0 spiro atoms. The largest absolute Gasteiger partial charge is 0.254 e. The average molecular weight is 135 g/mol. The van der Waals surface area contributed by atoms with Gasteiger partial charge in [-0.05, 0) is 13.8 Å². The lowest BCUT2D eigenvalue weighted by molar-refractivity contribution is -0.516. The monoisotopic (exact) mass is 135 g/mol. The van der Waals surface area contributed by atoms with Crippen molar-refractivity contribution in [2.24, 2.45) is 0 Å². The fourth-order valence-corrected chi connectivity index (χ4v) is 0.353. The molecule has 0 radical (unpaired) electrons. The van der Waals surface area contributed by atoms with E-state index < -0.39 is 0 Å². The summed E-state index contributed by atoms with van der Waals surface area (Å²) in [6.45, 7) is 4.78. The standard InChI is InChI=1S/C5H13NO3/c1-4-8-6(7-3)9-5-2/h4-5H2,1-3H3. The maximum absolute atomic E-state index is 4.82. The first-order chi connectivity index (χ1) is 4.35. The van der Waals surface area contributed by atoms with E-state index in [9.17, 15) is 0 Å². The smallest absolute Gasteiger partial charge is 0.0763 e. The fraction of sp³-hybridized carbons (Fsp3) is 1.00. The highest BCUT2D eigenvalue weighted by molar-refractivity contribution is 4.00. The van der Waals surface area contributed by atoms with E-state index in [2.05, 4.69) is 4.84 Å². The summed E-state index contributed by atoms with van der Waals surface area (Å²) < 4.78 is 0. The van der Waals surface area contributed by atoms with E-state index in [1.165, 1.54) is 7.11 Å². The third-order valence-electron chi connectivity index (χ3n) is 0.618. The Labute approximate surface area is 55.2 Å². The first-order valence-electron chi connectivity index (χ1n) is 2.95. The molecule has 4 nitrogen and oxygen atoms in total. The Morgan fingerprint density at radius 3 is 1.78 bits per heavy atom. The summed E-state index contributed by atoms with van der Waals surface area (Å²) in [7, 11) is 1.48. The summed E-state index contributed by atoms with van der Waals surface area (Å²) in [5.74, 6) is 0. The molecule has 0 rings (SSSR count). The Hall–Kier alpha value is -0.160. The Kier molecular flexibility index (Phi) is 5.86. The van der Waals surface area contributed by atoms with Gasteiger partial charge in [-0.3, -0.25) is 14.5 Å². The number of nitrogens with zero attached hydrogens (tertiary/aromatic N) is 1. The van der Waals surface area contributed by atoms with Crippen LogP contribution in [0.5, 0.6) is 0 Å². The van der Waals surface area contributed by atoms with Crippen LogP contribution in [0.2, 0.25) is 0 Å². The first-order valence-corrected chi connectivity index (χ1v) is 2.95. The molecule has 0 saturated carbocycles. The van der Waals surface area contributed by atoms with Crippen molar-refractivity contribution in [2.75, 3.05) is 20.3 Å². The van der Waals surface area contributed by atoms with E-state index in [1.54, 1.807) is 0 Å². The lowest BCUT2D eigenvalue weighted by Crippen LogP contribution is -2.22. The van der Waals surface area contributed by atoms with Crippen LogP contribution in [0.15, 0.2) is 0 Å². The van der Waals surface area contributed by atoms with Gasteiger partial charge in [0.05, 0.1) is 25.7 Å². The van der Waals surface area contributed by atoms with Gasteiger partial charge in [-0.15, -0.1) is 0 Å². The Morgan fingerprint density at radius 2 is 1.56 bits per heavy atom.